The van der Waals surface area contributed by atoms with Crippen LogP contribution in [0, 0.1) is 21.7 Å². The van der Waals surface area contributed by atoms with Gasteiger partial charge in [-0.1, -0.05) is 61.3 Å². The van der Waals surface area contributed by atoms with E-state index in [-0.39, 0.29) is 13.0 Å². The van der Waals surface area contributed by atoms with Gasteiger partial charge in [-0.3, -0.25) is 19.2 Å². The highest BCUT2D eigenvalue weighted by Crippen LogP contribution is 2.43. The van der Waals surface area contributed by atoms with E-state index in [1.165, 1.54) is 0 Å². The van der Waals surface area contributed by atoms with Crippen molar-refractivity contribution in [3.8, 4) is 0 Å². The van der Waals surface area contributed by atoms with E-state index < -0.39 is 102 Å². The molecule has 0 fully saturated rings. The summed E-state index contributed by atoms with van der Waals surface area (Å²) in [5, 5.41) is 0. The topological polar surface area (TPSA) is 166 Å². The standard InChI is InChI=1S/C32H46O12/c1-11-22(33)41-18-31(19-42-23(34)12-2,20-43-24(35)13-3)21-44-25(36)15-16-32(17-26(37)40-14-4,27(38)29(5,6)7)28(39)30(8,9)10/h11-13H,1-3,14-21H2,4-10H3. The lowest BCUT2D eigenvalue weighted by Crippen LogP contribution is -2.51. The third-order valence-electron chi connectivity index (χ3n) is 6.34. The van der Waals surface area contributed by atoms with Gasteiger partial charge in [-0.15, -0.1) is 0 Å². The van der Waals surface area contributed by atoms with Crippen molar-refractivity contribution in [2.75, 3.05) is 33.0 Å². The number of ether oxygens (including phenoxy) is 5. The van der Waals surface area contributed by atoms with Crippen molar-refractivity contribution in [3.05, 3.63) is 38.0 Å². The molecule has 0 unspecified atom stereocenters. The Morgan fingerprint density at radius 3 is 1.25 bits per heavy atom. The molecule has 44 heavy (non-hydrogen) atoms. The molecule has 0 aromatic rings. The van der Waals surface area contributed by atoms with Crippen LogP contribution in [-0.4, -0.2) is 74.4 Å². The maximum absolute atomic E-state index is 13.8. The van der Waals surface area contributed by atoms with Gasteiger partial charge in [0.2, 0.25) is 0 Å². The summed E-state index contributed by atoms with van der Waals surface area (Å²) in [5.74, 6) is -5.30. The third kappa shape index (κ3) is 12.6. The van der Waals surface area contributed by atoms with Gasteiger partial charge in [0.1, 0.15) is 31.8 Å². The number of carbonyl (C=O) groups excluding carboxylic acids is 7. The Hall–Kier alpha value is -4.09. The van der Waals surface area contributed by atoms with Gasteiger partial charge in [0.05, 0.1) is 18.4 Å². The van der Waals surface area contributed by atoms with Crippen LogP contribution in [0.5, 0.6) is 0 Å². The van der Waals surface area contributed by atoms with Gasteiger partial charge in [0.25, 0.3) is 0 Å². The zero-order chi connectivity index (χ0) is 34.4. The van der Waals surface area contributed by atoms with E-state index >= 15 is 0 Å². The molecule has 0 radical (unpaired) electrons. The normalized spacial score (nSPS) is 11.8. The van der Waals surface area contributed by atoms with Crippen LogP contribution < -0.4 is 0 Å². The highest BCUT2D eigenvalue weighted by atomic mass is 16.6. The van der Waals surface area contributed by atoms with E-state index in [1.54, 1.807) is 48.5 Å². The maximum atomic E-state index is 13.8. The lowest BCUT2D eigenvalue weighted by atomic mass is 9.61. The van der Waals surface area contributed by atoms with Crippen molar-refractivity contribution in [1.82, 2.24) is 0 Å². The molecule has 0 N–H and O–H groups in total. The average molecular weight is 623 g/mol. The quantitative estimate of drug-likeness (QED) is 0.0889. The molecule has 0 rings (SSSR count). The van der Waals surface area contributed by atoms with Gasteiger partial charge >= 0.3 is 29.8 Å². The van der Waals surface area contributed by atoms with Crippen LogP contribution >= 0.6 is 0 Å². The Morgan fingerprint density at radius 2 is 0.932 bits per heavy atom. The fourth-order valence-electron chi connectivity index (χ4n) is 4.19. The average Bonchev–Trinajstić information content (AvgIpc) is 2.96. The Bertz CT molecular complexity index is 1030. The number of hydrogen-bond acceptors (Lipinski definition) is 12. The summed E-state index contributed by atoms with van der Waals surface area (Å²) in [6, 6.07) is 0. The van der Waals surface area contributed by atoms with Gasteiger partial charge in [-0.05, 0) is 13.3 Å². The molecule has 0 saturated carbocycles. The number of Topliss-reactive ketones (excluding diaryl/α,β-unsaturated/α-hetero) is 2. The summed E-state index contributed by atoms with van der Waals surface area (Å²) in [4.78, 5) is 89.0. The molecule has 0 spiro atoms. The SMILES string of the molecule is C=CC(=O)OCC(COC(=O)C=C)(COC(=O)C=C)COC(=O)CCC(CC(=O)OCC)(C(=O)C(C)(C)C)C(=O)C(C)(C)C. The molecule has 0 heterocycles. The van der Waals surface area contributed by atoms with Crippen LogP contribution in [0.25, 0.3) is 0 Å². The third-order valence-corrected chi connectivity index (χ3v) is 6.34. The first-order chi connectivity index (χ1) is 20.2. The van der Waals surface area contributed by atoms with Crippen molar-refractivity contribution >= 4 is 41.4 Å². The summed E-state index contributed by atoms with van der Waals surface area (Å²) in [7, 11) is 0. The van der Waals surface area contributed by atoms with E-state index in [1.807, 2.05) is 0 Å². The molecule has 0 aromatic heterocycles. The molecule has 0 bridgehead atoms. The van der Waals surface area contributed by atoms with E-state index in [0.29, 0.717) is 0 Å². The molecule has 0 aromatic carbocycles. The van der Waals surface area contributed by atoms with Crippen molar-refractivity contribution in [2.45, 2.75) is 67.7 Å². The number of ketones is 2. The Balaban J connectivity index is 6.43. The van der Waals surface area contributed by atoms with Crippen LogP contribution in [0.2, 0.25) is 0 Å². The predicted molar refractivity (Wildman–Crippen MR) is 159 cm³/mol. The van der Waals surface area contributed by atoms with E-state index in [0.717, 1.165) is 18.2 Å². The van der Waals surface area contributed by atoms with Gasteiger partial charge in [-0.2, -0.15) is 0 Å². The van der Waals surface area contributed by atoms with Crippen LogP contribution in [0.3, 0.4) is 0 Å². The fraction of sp³-hybridized carbons (Fsp3) is 0.594. The summed E-state index contributed by atoms with van der Waals surface area (Å²) < 4.78 is 25.9. The predicted octanol–water partition coefficient (Wildman–Crippen LogP) is 3.65. The highest BCUT2D eigenvalue weighted by molar-refractivity contribution is 6.12. The molecule has 12 nitrogen and oxygen atoms in total. The molecule has 0 amide bonds. The lowest BCUT2D eigenvalue weighted by molar-refractivity contribution is -0.167. The lowest BCUT2D eigenvalue weighted by Gasteiger charge is -2.39. The molecule has 246 valence electrons. The Kier molecular flexibility index (Phi) is 15.7. The molecule has 12 heteroatoms. The summed E-state index contributed by atoms with van der Waals surface area (Å²) in [5.41, 5.74) is -5.61. The smallest absolute Gasteiger partial charge is 0.330 e. The van der Waals surface area contributed by atoms with Gasteiger partial charge in [0.15, 0.2) is 11.6 Å². The molecule has 0 aliphatic rings. The van der Waals surface area contributed by atoms with E-state index in [4.69, 9.17) is 23.7 Å². The number of carbonyl (C=O) groups is 7. The molecular formula is C32H46O12. The highest BCUT2D eigenvalue weighted by Gasteiger charge is 2.54. The van der Waals surface area contributed by atoms with Crippen molar-refractivity contribution in [1.29, 1.82) is 0 Å². The first-order valence-corrected chi connectivity index (χ1v) is 14.0. The van der Waals surface area contributed by atoms with Gasteiger partial charge < -0.3 is 23.7 Å². The zero-order valence-electron chi connectivity index (χ0n) is 26.9. The molecule has 0 atom stereocenters. The van der Waals surface area contributed by atoms with E-state index in [9.17, 15) is 33.6 Å². The largest absolute Gasteiger partial charge is 0.466 e. The molecule has 0 saturated heterocycles. The molecule has 0 aliphatic carbocycles. The fourth-order valence-corrected chi connectivity index (χ4v) is 4.19. The van der Waals surface area contributed by atoms with Crippen molar-refractivity contribution in [2.24, 2.45) is 21.7 Å². The van der Waals surface area contributed by atoms with Crippen LogP contribution in [0.15, 0.2) is 38.0 Å². The first-order valence-electron chi connectivity index (χ1n) is 14.0. The monoisotopic (exact) mass is 622 g/mol. The molecular weight excluding hydrogens is 576 g/mol. The Labute approximate surface area is 259 Å². The van der Waals surface area contributed by atoms with Crippen LogP contribution in [0.1, 0.15) is 67.7 Å². The molecule has 0 aliphatic heterocycles. The van der Waals surface area contributed by atoms with Gasteiger partial charge in [0, 0.05) is 35.5 Å². The summed E-state index contributed by atoms with van der Waals surface area (Å²) in [6.45, 7) is 19.0. The summed E-state index contributed by atoms with van der Waals surface area (Å²) in [6.07, 6.45) is 1.21. The second kappa shape index (κ2) is 17.3. The Morgan fingerprint density at radius 1 is 0.568 bits per heavy atom. The van der Waals surface area contributed by atoms with Crippen molar-refractivity contribution in [3.63, 3.8) is 0 Å². The second-order valence-electron chi connectivity index (χ2n) is 12.3. The number of rotatable bonds is 19. The first kappa shape index (κ1) is 39.9. The maximum Gasteiger partial charge on any atom is 0.330 e. The minimum absolute atomic E-state index is 0.0235. The number of hydrogen-bond donors (Lipinski definition) is 0. The van der Waals surface area contributed by atoms with Crippen molar-refractivity contribution < 1.29 is 57.2 Å². The summed E-state index contributed by atoms with van der Waals surface area (Å²) >= 11 is 0. The minimum atomic E-state index is -1.91. The van der Waals surface area contributed by atoms with Gasteiger partial charge in [-0.25, -0.2) is 14.4 Å². The second-order valence-corrected chi connectivity index (χ2v) is 12.3. The van der Waals surface area contributed by atoms with E-state index in [2.05, 4.69) is 19.7 Å². The van der Waals surface area contributed by atoms with Crippen LogP contribution in [-0.2, 0) is 57.2 Å². The minimum Gasteiger partial charge on any atom is -0.466 e. The van der Waals surface area contributed by atoms with Crippen LogP contribution in [0.4, 0.5) is 0 Å². The number of esters is 5. The zero-order valence-corrected chi connectivity index (χ0v) is 26.9.